The average Bonchev–Trinajstić information content (AvgIpc) is 2.97. The van der Waals surface area contributed by atoms with E-state index < -0.39 is 0 Å². The first-order chi connectivity index (χ1) is 9.83. The van der Waals surface area contributed by atoms with Crippen molar-refractivity contribution in [2.24, 2.45) is 0 Å². The Balaban J connectivity index is 2.11. The summed E-state index contributed by atoms with van der Waals surface area (Å²) in [6, 6.07) is 10.4. The van der Waals surface area contributed by atoms with Gasteiger partial charge in [0.25, 0.3) is 0 Å². The summed E-state index contributed by atoms with van der Waals surface area (Å²) in [6.45, 7) is 2.97. The maximum atomic E-state index is 4.42. The van der Waals surface area contributed by atoms with Crippen molar-refractivity contribution in [2.45, 2.75) is 19.5 Å². The fourth-order valence-corrected chi connectivity index (χ4v) is 2.57. The molecule has 1 atom stereocenters. The van der Waals surface area contributed by atoms with Gasteiger partial charge in [0.15, 0.2) is 0 Å². The van der Waals surface area contributed by atoms with Gasteiger partial charge in [-0.05, 0) is 31.7 Å². The summed E-state index contributed by atoms with van der Waals surface area (Å²) < 4.78 is 1.95. The van der Waals surface area contributed by atoms with Crippen molar-refractivity contribution < 1.29 is 0 Å². The Morgan fingerprint density at radius 1 is 1.25 bits per heavy atom. The monoisotopic (exact) mass is 266 g/mol. The zero-order chi connectivity index (χ0) is 13.9. The fraction of sp³-hybridized carbons (Fsp3) is 0.250. The van der Waals surface area contributed by atoms with E-state index in [9.17, 15) is 0 Å². The highest BCUT2D eigenvalue weighted by Crippen LogP contribution is 2.27. The first-order valence-corrected chi connectivity index (χ1v) is 6.86. The molecule has 4 nitrogen and oxygen atoms in total. The number of benzene rings is 1. The summed E-state index contributed by atoms with van der Waals surface area (Å²) in [5.74, 6) is 0. The van der Waals surface area contributed by atoms with E-state index in [4.69, 9.17) is 0 Å². The molecule has 0 saturated heterocycles. The minimum Gasteiger partial charge on any atom is -0.309 e. The second-order valence-corrected chi connectivity index (χ2v) is 4.77. The first-order valence-electron chi connectivity index (χ1n) is 6.86. The fourth-order valence-electron chi connectivity index (χ4n) is 2.57. The minimum absolute atomic E-state index is 0.128. The largest absolute Gasteiger partial charge is 0.309 e. The second kappa shape index (κ2) is 5.43. The van der Waals surface area contributed by atoms with Crippen LogP contribution in [0.3, 0.4) is 0 Å². The number of fused-ring (bicyclic) bond motifs is 1. The Morgan fingerprint density at radius 2 is 2.10 bits per heavy atom. The molecule has 20 heavy (non-hydrogen) atoms. The SMILES string of the molecule is CCn1cc(C(NC)c2ccnc3ccccc23)cn1. The van der Waals surface area contributed by atoms with Gasteiger partial charge in [0.05, 0.1) is 17.8 Å². The molecule has 0 aliphatic heterocycles. The van der Waals surface area contributed by atoms with E-state index in [2.05, 4.69) is 46.7 Å². The third kappa shape index (κ3) is 2.18. The molecule has 3 rings (SSSR count). The van der Waals surface area contributed by atoms with Crippen LogP contribution < -0.4 is 5.32 Å². The highest BCUT2D eigenvalue weighted by atomic mass is 15.3. The third-order valence-electron chi connectivity index (χ3n) is 3.59. The summed E-state index contributed by atoms with van der Waals surface area (Å²) in [4.78, 5) is 4.42. The van der Waals surface area contributed by atoms with Crippen LogP contribution in [0.4, 0.5) is 0 Å². The van der Waals surface area contributed by atoms with Gasteiger partial charge in [-0.25, -0.2) is 0 Å². The number of aromatic nitrogens is 3. The molecular formula is C16H18N4. The molecular weight excluding hydrogens is 248 g/mol. The van der Waals surface area contributed by atoms with Crippen molar-refractivity contribution >= 4 is 10.9 Å². The van der Waals surface area contributed by atoms with E-state index in [0.29, 0.717) is 0 Å². The summed E-state index contributed by atoms with van der Waals surface area (Å²) >= 11 is 0. The lowest BCUT2D eigenvalue weighted by molar-refractivity contribution is 0.654. The van der Waals surface area contributed by atoms with Crippen molar-refractivity contribution in [2.75, 3.05) is 7.05 Å². The van der Waals surface area contributed by atoms with Gasteiger partial charge in [0.1, 0.15) is 0 Å². The predicted octanol–water partition coefficient (Wildman–Crippen LogP) is 2.76. The van der Waals surface area contributed by atoms with Crippen molar-refractivity contribution in [1.29, 1.82) is 0 Å². The van der Waals surface area contributed by atoms with Crippen LogP contribution in [-0.4, -0.2) is 21.8 Å². The number of rotatable bonds is 4. The topological polar surface area (TPSA) is 42.7 Å². The molecule has 4 heteroatoms. The lowest BCUT2D eigenvalue weighted by atomic mass is 9.98. The van der Waals surface area contributed by atoms with E-state index in [-0.39, 0.29) is 6.04 Å². The number of hydrogen-bond acceptors (Lipinski definition) is 3. The van der Waals surface area contributed by atoms with Crippen LogP contribution in [0.5, 0.6) is 0 Å². The van der Waals surface area contributed by atoms with Gasteiger partial charge < -0.3 is 5.32 Å². The zero-order valence-corrected chi connectivity index (χ0v) is 11.7. The summed E-state index contributed by atoms with van der Waals surface area (Å²) in [5, 5.41) is 8.93. The molecule has 0 aliphatic carbocycles. The first kappa shape index (κ1) is 12.8. The van der Waals surface area contributed by atoms with Crippen molar-refractivity contribution in [3.63, 3.8) is 0 Å². The maximum absolute atomic E-state index is 4.42. The molecule has 1 aromatic carbocycles. The van der Waals surface area contributed by atoms with Crippen molar-refractivity contribution in [1.82, 2.24) is 20.1 Å². The standard InChI is InChI=1S/C16H18N4/c1-3-20-11-12(10-19-20)16(17-2)14-8-9-18-15-7-5-4-6-13(14)15/h4-11,16-17H,3H2,1-2H3. The molecule has 0 bridgehead atoms. The number of para-hydroxylation sites is 1. The number of pyridine rings is 1. The molecule has 3 aromatic rings. The van der Waals surface area contributed by atoms with E-state index in [1.54, 1.807) is 0 Å². The van der Waals surface area contributed by atoms with Gasteiger partial charge in [-0.15, -0.1) is 0 Å². The van der Waals surface area contributed by atoms with Crippen LogP contribution in [0.15, 0.2) is 48.9 Å². The third-order valence-corrected chi connectivity index (χ3v) is 3.59. The predicted molar refractivity (Wildman–Crippen MR) is 80.5 cm³/mol. The summed E-state index contributed by atoms with van der Waals surface area (Å²) in [5.41, 5.74) is 3.42. The maximum Gasteiger partial charge on any atom is 0.0705 e. The number of nitrogens with one attached hydrogen (secondary N) is 1. The van der Waals surface area contributed by atoms with E-state index in [1.165, 1.54) is 16.5 Å². The highest BCUT2D eigenvalue weighted by molar-refractivity contribution is 5.82. The zero-order valence-electron chi connectivity index (χ0n) is 11.7. The summed E-state index contributed by atoms with van der Waals surface area (Å²) in [6.07, 6.45) is 5.89. The van der Waals surface area contributed by atoms with Gasteiger partial charge in [-0.3, -0.25) is 9.67 Å². The number of aryl methyl sites for hydroxylation is 1. The molecule has 2 heterocycles. The Morgan fingerprint density at radius 3 is 2.85 bits per heavy atom. The van der Waals surface area contributed by atoms with Crippen LogP contribution in [0.1, 0.15) is 24.1 Å². The molecule has 0 spiro atoms. The number of nitrogens with zero attached hydrogens (tertiary/aromatic N) is 3. The van der Waals surface area contributed by atoms with Gasteiger partial charge in [-0.2, -0.15) is 5.10 Å². The van der Waals surface area contributed by atoms with Crippen molar-refractivity contribution in [3.05, 3.63) is 60.0 Å². The molecule has 102 valence electrons. The smallest absolute Gasteiger partial charge is 0.0705 e. The minimum atomic E-state index is 0.128. The molecule has 0 aliphatic rings. The van der Waals surface area contributed by atoms with E-state index in [1.807, 2.05) is 36.3 Å². The Bertz CT molecular complexity index is 712. The van der Waals surface area contributed by atoms with Crippen LogP contribution in [-0.2, 0) is 6.54 Å². The molecule has 1 unspecified atom stereocenters. The van der Waals surface area contributed by atoms with E-state index in [0.717, 1.165) is 12.1 Å². The van der Waals surface area contributed by atoms with Crippen molar-refractivity contribution in [3.8, 4) is 0 Å². The molecule has 0 radical (unpaired) electrons. The second-order valence-electron chi connectivity index (χ2n) is 4.77. The molecule has 0 fully saturated rings. The quantitative estimate of drug-likeness (QED) is 0.789. The molecule has 1 N–H and O–H groups in total. The van der Waals surface area contributed by atoms with Gasteiger partial charge in [0, 0.05) is 29.9 Å². The van der Waals surface area contributed by atoms with Crippen LogP contribution >= 0.6 is 0 Å². The van der Waals surface area contributed by atoms with Gasteiger partial charge >= 0.3 is 0 Å². The Hall–Kier alpha value is -2.20. The van der Waals surface area contributed by atoms with Gasteiger partial charge in [-0.1, -0.05) is 18.2 Å². The van der Waals surface area contributed by atoms with Crippen LogP contribution in [0, 0.1) is 0 Å². The molecule has 2 aromatic heterocycles. The summed E-state index contributed by atoms with van der Waals surface area (Å²) in [7, 11) is 1.98. The lowest BCUT2D eigenvalue weighted by Gasteiger charge is -2.17. The highest BCUT2D eigenvalue weighted by Gasteiger charge is 2.16. The number of hydrogen-bond donors (Lipinski definition) is 1. The average molecular weight is 266 g/mol. The van der Waals surface area contributed by atoms with Crippen LogP contribution in [0.25, 0.3) is 10.9 Å². The van der Waals surface area contributed by atoms with Gasteiger partial charge in [0.2, 0.25) is 0 Å². The van der Waals surface area contributed by atoms with E-state index >= 15 is 0 Å². The Kier molecular flexibility index (Phi) is 3.48. The van der Waals surface area contributed by atoms with Crippen LogP contribution in [0.2, 0.25) is 0 Å². The Labute approximate surface area is 118 Å². The molecule has 0 saturated carbocycles. The lowest BCUT2D eigenvalue weighted by Crippen LogP contribution is -2.17. The normalized spacial score (nSPS) is 12.7. The molecule has 0 amide bonds.